The Morgan fingerprint density at radius 1 is 1.35 bits per heavy atom. The van der Waals surface area contributed by atoms with Crippen molar-refractivity contribution < 1.29 is 27.4 Å². The molecule has 2 bridgehead atoms. The average molecular weight is 458 g/mol. The van der Waals surface area contributed by atoms with Gasteiger partial charge in [0, 0.05) is 22.3 Å². The second-order valence-corrected chi connectivity index (χ2v) is 9.01. The maximum atomic E-state index is 12.1. The Balaban J connectivity index is 1.25. The first kappa shape index (κ1) is 22.1. The lowest BCUT2D eigenvalue weighted by Gasteiger charge is -2.70. The summed E-state index contributed by atoms with van der Waals surface area (Å²) in [6.45, 7) is 2.57. The molecule has 10 heteroatoms. The number of aryl methyl sites for hydroxylation is 1. The van der Waals surface area contributed by atoms with E-state index in [1.54, 1.807) is 0 Å². The van der Waals surface area contributed by atoms with Crippen LogP contribution in [0.3, 0.4) is 0 Å². The van der Waals surface area contributed by atoms with Crippen molar-refractivity contribution >= 4 is 17.5 Å². The third-order valence-corrected chi connectivity index (χ3v) is 6.34. The molecule has 3 saturated carbocycles. The minimum absolute atomic E-state index is 0.0457. The van der Waals surface area contributed by atoms with E-state index in [-0.39, 0.29) is 30.2 Å². The number of benzene rings is 1. The monoisotopic (exact) mass is 457 g/mol. The van der Waals surface area contributed by atoms with Crippen LogP contribution in [0, 0.1) is 6.92 Å². The van der Waals surface area contributed by atoms with Gasteiger partial charge in [-0.05, 0) is 50.8 Å². The van der Waals surface area contributed by atoms with Crippen molar-refractivity contribution in [3.05, 3.63) is 41.3 Å². The van der Waals surface area contributed by atoms with Crippen LogP contribution in [0.15, 0.2) is 30.7 Å². The van der Waals surface area contributed by atoms with Crippen molar-refractivity contribution in [3.63, 3.8) is 0 Å². The molecule has 1 N–H and O–H groups in total. The van der Waals surface area contributed by atoms with Crippen LogP contribution < -0.4 is 5.32 Å². The molecule has 2 aromatic rings. The highest BCUT2D eigenvalue weighted by atomic mass is 35.5. The molecular formula is C21H23ClF3N3O3. The molecule has 1 aromatic carbocycles. The number of imidazole rings is 1. The van der Waals surface area contributed by atoms with Crippen LogP contribution in [-0.4, -0.2) is 46.7 Å². The first-order chi connectivity index (χ1) is 14.5. The molecule has 5 rings (SSSR count). The molecule has 1 heterocycles. The van der Waals surface area contributed by atoms with Gasteiger partial charge in [-0.25, -0.2) is 4.98 Å². The van der Waals surface area contributed by atoms with E-state index in [9.17, 15) is 18.0 Å². The van der Waals surface area contributed by atoms with Crippen LogP contribution in [0.5, 0.6) is 0 Å². The smallest absolute Gasteiger partial charge is 0.369 e. The van der Waals surface area contributed by atoms with Crippen LogP contribution in [0.1, 0.15) is 31.7 Å². The van der Waals surface area contributed by atoms with Gasteiger partial charge in [0.15, 0.2) is 0 Å². The quantitative estimate of drug-likeness (QED) is 0.645. The summed E-state index contributed by atoms with van der Waals surface area (Å²) in [5.41, 5.74) is 2.54. The minimum Gasteiger partial charge on any atom is -0.369 e. The zero-order valence-corrected chi connectivity index (χ0v) is 17.9. The fourth-order valence-electron chi connectivity index (χ4n) is 4.59. The second kappa shape index (κ2) is 7.79. The highest BCUT2D eigenvalue weighted by Crippen LogP contribution is 2.65. The van der Waals surface area contributed by atoms with E-state index in [4.69, 9.17) is 16.3 Å². The lowest BCUT2D eigenvalue weighted by Crippen LogP contribution is -2.78. The third-order valence-electron chi connectivity index (χ3n) is 5.91. The van der Waals surface area contributed by atoms with E-state index in [2.05, 4.69) is 19.6 Å². The number of ether oxygens (including phenoxy) is 2. The van der Waals surface area contributed by atoms with E-state index in [1.807, 2.05) is 37.6 Å². The number of nitrogens with one attached hydrogen (secondary N) is 1. The van der Waals surface area contributed by atoms with Gasteiger partial charge in [0.05, 0.1) is 30.3 Å². The lowest BCUT2D eigenvalue weighted by molar-refractivity contribution is -0.343. The number of rotatable bonds is 8. The summed E-state index contributed by atoms with van der Waals surface area (Å²) in [5.74, 6) is -0.338. The van der Waals surface area contributed by atoms with E-state index in [0.717, 1.165) is 36.1 Å². The SMILES string of the molecule is Cc1cc(-c2cn(C34CC(NC(=O)COC[C@@H](C)OC(F)(F)F)(C3)C4)cn2)ccc1Cl. The number of nitrogens with zero attached hydrogens (tertiary/aromatic N) is 2. The highest BCUT2D eigenvalue weighted by molar-refractivity contribution is 6.31. The van der Waals surface area contributed by atoms with E-state index < -0.39 is 12.5 Å². The zero-order valence-electron chi connectivity index (χ0n) is 17.1. The van der Waals surface area contributed by atoms with Gasteiger partial charge in [-0.1, -0.05) is 17.7 Å². The number of carbonyl (C=O) groups is 1. The third kappa shape index (κ3) is 4.58. The number of hydrogen-bond acceptors (Lipinski definition) is 4. The predicted octanol–water partition coefficient (Wildman–Crippen LogP) is 4.20. The number of amides is 1. The lowest BCUT2D eigenvalue weighted by atomic mass is 9.44. The van der Waals surface area contributed by atoms with Gasteiger partial charge < -0.3 is 14.6 Å². The van der Waals surface area contributed by atoms with Gasteiger partial charge in [-0.2, -0.15) is 0 Å². The maximum Gasteiger partial charge on any atom is 0.522 e. The van der Waals surface area contributed by atoms with Crippen LogP contribution in [0.4, 0.5) is 13.2 Å². The molecule has 1 amide bonds. The molecule has 0 spiro atoms. The fraction of sp³-hybridized carbons (Fsp3) is 0.524. The van der Waals surface area contributed by atoms with E-state index in [0.29, 0.717) is 5.02 Å². The van der Waals surface area contributed by atoms with Gasteiger partial charge in [0.2, 0.25) is 5.91 Å². The summed E-state index contributed by atoms with van der Waals surface area (Å²) >= 11 is 6.09. The highest BCUT2D eigenvalue weighted by Gasteiger charge is 2.69. The molecule has 1 atom stereocenters. The Bertz CT molecular complexity index is 972. The summed E-state index contributed by atoms with van der Waals surface area (Å²) < 4.78 is 47.3. The van der Waals surface area contributed by atoms with E-state index in [1.165, 1.54) is 6.92 Å². The molecule has 3 aliphatic rings. The number of halogens is 4. The summed E-state index contributed by atoms with van der Waals surface area (Å²) in [6, 6.07) is 5.79. The van der Waals surface area contributed by atoms with Gasteiger partial charge in [-0.3, -0.25) is 9.53 Å². The Morgan fingerprint density at radius 2 is 2.06 bits per heavy atom. The Morgan fingerprint density at radius 3 is 2.71 bits per heavy atom. The molecule has 3 fully saturated rings. The molecule has 6 nitrogen and oxygen atoms in total. The molecule has 1 aromatic heterocycles. The van der Waals surface area contributed by atoms with Crippen LogP contribution in [0.2, 0.25) is 5.02 Å². The van der Waals surface area contributed by atoms with Crippen molar-refractivity contribution in [2.24, 2.45) is 0 Å². The topological polar surface area (TPSA) is 65.4 Å². The Labute approximate surface area is 182 Å². The van der Waals surface area contributed by atoms with Crippen molar-refractivity contribution in [1.82, 2.24) is 14.9 Å². The number of aromatic nitrogens is 2. The normalized spacial score (nSPS) is 25.5. The standard InChI is InChI=1S/C21H23ClF3N3O3/c1-13-5-15(3-4-16(13)22)17-6-28(12-26-17)20-9-19(10-20,11-20)27-18(29)8-30-7-14(2)31-21(23,24)25/h3-6,12,14H,7-11H2,1-2H3,(H,27,29)/t14-,19?,20?/m1/s1. The molecule has 31 heavy (non-hydrogen) atoms. The van der Waals surface area contributed by atoms with Gasteiger partial charge in [-0.15, -0.1) is 13.2 Å². The van der Waals surface area contributed by atoms with Crippen molar-refractivity contribution in [1.29, 1.82) is 0 Å². The van der Waals surface area contributed by atoms with Crippen LogP contribution in [0.25, 0.3) is 11.3 Å². The molecule has 0 saturated heterocycles. The zero-order chi connectivity index (χ0) is 22.4. The number of carbonyl (C=O) groups excluding carboxylic acids is 1. The predicted molar refractivity (Wildman–Crippen MR) is 108 cm³/mol. The largest absolute Gasteiger partial charge is 0.522 e. The van der Waals surface area contributed by atoms with Crippen molar-refractivity contribution in [2.75, 3.05) is 13.2 Å². The summed E-state index contributed by atoms with van der Waals surface area (Å²) in [5, 5.41) is 3.67. The molecule has 0 aliphatic heterocycles. The second-order valence-electron chi connectivity index (χ2n) is 8.60. The summed E-state index contributed by atoms with van der Waals surface area (Å²) in [7, 11) is 0. The number of hydrogen-bond donors (Lipinski definition) is 1. The Kier molecular flexibility index (Phi) is 5.56. The number of alkyl halides is 3. The first-order valence-electron chi connectivity index (χ1n) is 9.94. The maximum absolute atomic E-state index is 12.1. The van der Waals surface area contributed by atoms with Crippen molar-refractivity contribution in [2.45, 2.75) is 56.7 Å². The first-order valence-corrected chi connectivity index (χ1v) is 10.3. The molecule has 3 aliphatic carbocycles. The van der Waals surface area contributed by atoms with Gasteiger partial charge >= 0.3 is 6.36 Å². The summed E-state index contributed by atoms with van der Waals surface area (Å²) in [4.78, 5) is 16.6. The summed E-state index contributed by atoms with van der Waals surface area (Å²) in [6.07, 6.45) is 0.294. The molecule has 0 unspecified atom stereocenters. The average Bonchev–Trinajstić information content (AvgIpc) is 3.07. The van der Waals surface area contributed by atoms with Crippen LogP contribution in [-0.2, 0) is 19.8 Å². The fourth-order valence-corrected chi connectivity index (χ4v) is 4.71. The van der Waals surface area contributed by atoms with Gasteiger partial charge in [0.25, 0.3) is 0 Å². The molecular weight excluding hydrogens is 435 g/mol. The van der Waals surface area contributed by atoms with E-state index >= 15 is 0 Å². The van der Waals surface area contributed by atoms with Crippen molar-refractivity contribution in [3.8, 4) is 11.3 Å². The van der Waals surface area contributed by atoms with Gasteiger partial charge in [0.1, 0.15) is 6.61 Å². The Hall–Kier alpha value is -2.10. The van der Waals surface area contributed by atoms with Crippen LogP contribution >= 0.6 is 11.6 Å². The minimum atomic E-state index is -4.72. The molecule has 168 valence electrons. The molecule has 0 radical (unpaired) electrons.